The van der Waals surface area contributed by atoms with Crippen molar-refractivity contribution >= 4 is 46.3 Å². The van der Waals surface area contributed by atoms with E-state index in [1.807, 2.05) is 180 Å². The van der Waals surface area contributed by atoms with E-state index in [4.69, 9.17) is 0 Å². The highest BCUT2D eigenvalue weighted by atomic mass is 19.2. The molecule has 0 amide bonds. The molecule has 0 aromatic heterocycles. The Kier molecular flexibility index (Phi) is 13.5. The van der Waals surface area contributed by atoms with Gasteiger partial charge in [-0.2, -0.15) is 0 Å². The van der Waals surface area contributed by atoms with Crippen LogP contribution in [0.2, 0.25) is 0 Å². The monoisotopic (exact) mass is 1160 g/mol. The van der Waals surface area contributed by atoms with Crippen molar-refractivity contribution in [1.29, 1.82) is 0 Å². The zero-order valence-electron chi connectivity index (χ0n) is 46.7. The Morgan fingerprint density at radius 2 is 0.591 bits per heavy atom. The van der Waals surface area contributed by atoms with Crippen molar-refractivity contribution in [3.63, 3.8) is 0 Å². The number of para-hydroxylation sites is 2. The van der Waals surface area contributed by atoms with Crippen molar-refractivity contribution < 1.29 is 35.1 Å². The molecule has 2 atom stereocenters. The summed E-state index contributed by atoms with van der Waals surface area (Å²) in [4.78, 5) is 4.04. The van der Waals surface area contributed by atoms with Crippen molar-refractivity contribution in [3.8, 4) is 33.4 Å². The summed E-state index contributed by atoms with van der Waals surface area (Å²) in [7, 11) is 0. The van der Waals surface area contributed by atoms with Crippen molar-refractivity contribution in [3.05, 3.63) is 370 Å². The van der Waals surface area contributed by atoms with Crippen LogP contribution in [0.15, 0.2) is 268 Å². The normalized spacial score (nSPS) is 15.2. The fourth-order valence-corrected chi connectivity index (χ4v) is 13.5. The summed E-state index contributed by atoms with van der Waals surface area (Å²) < 4.78 is 128. The fourth-order valence-electron chi connectivity index (χ4n) is 13.5. The Balaban J connectivity index is 0.871. The first-order valence-electron chi connectivity index (χ1n) is 28.4. The number of hydrogen-bond acceptors (Lipinski definition) is 2. The third kappa shape index (κ3) is 8.45. The van der Waals surface area contributed by atoms with Gasteiger partial charge in [0.15, 0.2) is 34.9 Å². The Morgan fingerprint density at radius 1 is 0.273 bits per heavy atom. The molecule has 88 heavy (non-hydrogen) atoms. The number of hydrogen-bond donors (Lipinski definition) is 0. The third-order valence-electron chi connectivity index (χ3n) is 17.3. The molecule has 2 nitrogen and oxygen atoms in total. The highest BCUT2D eigenvalue weighted by Gasteiger charge is 2.52. The van der Waals surface area contributed by atoms with Gasteiger partial charge in [0.25, 0.3) is 0 Å². The summed E-state index contributed by atoms with van der Waals surface area (Å²) in [6, 6.07) is 75.8. The minimum atomic E-state index is -1.79. The van der Waals surface area contributed by atoms with Crippen LogP contribution in [0.5, 0.6) is 0 Å². The van der Waals surface area contributed by atoms with Gasteiger partial charge in [-0.1, -0.05) is 195 Å². The van der Waals surface area contributed by atoms with E-state index >= 15 is 26.3 Å². The Morgan fingerprint density at radius 3 is 0.955 bits per heavy atom. The second kappa shape index (κ2) is 21.6. The van der Waals surface area contributed by atoms with Gasteiger partial charge in [0, 0.05) is 57.4 Å². The molecule has 0 heterocycles. The first kappa shape index (κ1) is 55.1. The molecule has 0 saturated carbocycles. The Bertz CT molecular complexity index is 4440. The number of rotatable bonds is 13. The standard InChI is InChI=1S/C78H48F8N2/c1-3-47-23-31-51(32-24-47)77(71-67(79)45-69(81)73(83)75(71)85)63-21-13-11-19-59(63)61-41-39-57(43-65(61)77)87(53-15-7-5-8-16-53)55-35-27-49(28-36-55)50-29-37-56(38-30-50)88(54-17-9-6-10-18-54)58-40-42-62-60-20-12-14-22-64(60)78(66(62)44-58,52-33-25-48(4-2)26-34-52)72-68(80)46-70(82)74(84)76(72)86/h3-46H,1-2H2. The minimum absolute atomic E-state index is 0.405. The highest BCUT2D eigenvalue weighted by Crippen LogP contribution is 2.61. The van der Waals surface area contributed by atoms with Gasteiger partial charge in [-0.15, -0.1) is 0 Å². The quantitative estimate of drug-likeness (QED) is 0.0645. The molecule has 426 valence electrons. The maximum absolute atomic E-state index is 16.8. The lowest BCUT2D eigenvalue weighted by Gasteiger charge is -2.35. The summed E-state index contributed by atoms with van der Waals surface area (Å²) in [6.07, 6.45) is 3.29. The minimum Gasteiger partial charge on any atom is -0.310 e. The van der Waals surface area contributed by atoms with E-state index in [1.54, 1.807) is 84.9 Å². The van der Waals surface area contributed by atoms with Crippen molar-refractivity contribution in [2.75, 3.05) is 9.80 Å². The molecule has 0 radical (unpaired) electrons. The summed E-state index contributed by atoms with van der Waals surface area (Å²) in [5.41, 5.74) is 7.98. The molecule has 0 bridgehead atoms. The molecule has 0 spiro atoms. The Hall–Kier alpha value is -10.8. The van der Waals surface area contributed by atoms with Crippen molar-refractivity contribution in [2.24, 2.45) is 0 Å². The van der Waals surface area contributed by atoms with Crippen LogP contribution in [-0.2, 0) is 10.8 Å². The van der Waals surface area contributed by atoms with Crippen LogP contribution in [0, 0.1) is 46.5 Å². The van der Waals surface area contributed by atoms with Crippen molar-refractivity contribution in [2.45, 2.75) is 10.8 Å². The fraction of sp³-hybridized carbons (Fsp3) is 0.0256. The number of benzene rings is 12. The van der Waals surface area contributed by atoms with E-state index in [2.05, 4.69) is 13.2 Å². The third-order valence-corrected chi connectivity index (χ3v) is 17.3. The van der Waals surface area contributed by atoms with Crippen LogP contribution in [0.3, 0.4) is 0 Å². The lowest BCUT2D eigenvalue weighted by atomic mass is 9.67. The zero-order valence-corrected chi connectivity index (χ0v) is 46.7. The lowest BCUT2D eigenvalue weighted by molar-refractivity contribution is 0.416. The number of nitrogens with zero attached hydrogens (tertiary/aromatic N) is 2. The summed E-state index contributed by atoms with van der Waals surface area (Å²) in [5, 5.41) is 0. The smallest absolute Gasteiger partial charge is 0.194 e. The van der Waals surface area contributed by atoms with Crippen LogP contribution in [0.1, 0.15) is 55.6 Å². The molecule has 0 fully saturated rings. The van der Waals surface area contributed by atoms with Crippen LogP contribution in [-0.4, -0.2) is 0 Å². The van der Waals surface area contributed by atoms with Gasteiger partial charge in [-0.05, 0) is 151 Å². The van der Waals surface area contributed by atoms with Gasteiger partial charge in [0.1, 0.15) is 11.6 Å². The molecule has 12 aromatic carbocycles. The van der Waals surface area contributed by atoms with Gasteiger partial charge in [0.2, 0.25) is 0 Å². The average molecular weight is 1170 g/mol. The summed E-state index contributed by atoms with van der Waals surface area (Å²) in [6.45, 7) is 7.78. The maximum Gasteiger partial charge on any atom is 0.194 e. The van der Waals surface area contributed by atoms with Crippen LogP contribution >= 0.6 is 0 Å². The molecule has 2 aliphatic rings. The molecular weight excluding hydrogens is 1120 g/mol. The predicted molar refractivity (Wildman–Crippen MR) is 336 cm³/mol. The van der Waals surface area contributed by atoms with Gasteiger partial charge in [0.05, 0.1) is 10.8 Å². The number of anilines is 6. The first-order valence-corrected chi connectivity index (χ1v) is 28.4. The second-order valence-corrected chi connectivity index (χ2v) is 21.8. The largest absolute Gasteiger partial charge is 0.310 e. The van der Waals surface area contributed by atoms with Crippen molar-refractivity contribution in [1.82, 2.24) is 0 Å². The Labute approximate surface area is 503 Å². The molecular formula is C78H48F8N2. The van der Waals surface area contributed by atoms with Crippen LogP contribution in [0.25, 0.3) is 45.5 Å². The van der Waals surface area contributed by atoms with Crippen LogP contribution in [0.4, 0.5) is 69.2 Å². The van der Waals surface area contributed by atoms with E-state index in [9.17, 15) is 8.78 Å². The van der Waals surface area contributed by atoms with Gasteiger partial charge >= 0.3 is 0 Å². The van der Waals surface area contributed by atoms with E-state index in [-0.39, 0.29) is 0 Å². The molecule has 2 aliphatic carbocycles. The molecule has 0 saturated heterocycles. The highest BCUT2D eigenvalue weighted by molar-refractivity contribution is 5.92. The molecule has 2 unspecified atom stereocenters. The van der Waals surface area contributed by atoms with E-state index in [0.29, 0.717) is 79.1 Å². The molecule has 0 aliphatic heterocycles. The topological polar surface area (TPSA) is 6.48 Å². The van der Waals surface area contributed by atoms with Gasteiger partial charge in [-0.3, -0.25) is 0 Å². The molecule has 10 heteroatoms. The lowest BCUT2D eigenvalue weighted by Crippen LogP contribution is -2.32. The molecule has 12 aromatic rings. The number of halogens is 8. The van der Waals surface area contributed by atoms with Crippen LogP contribution < -0.4 is 9.80 Å². The van der Waals surface area contributed by atoms with Gasteiger partial charge in [-0.25, -0.2) is 35.1 Å². The molecule has 14 rings (SSSR count). The maximum atomic E-state index is 16.8. The SMILES string of the molecule is C=Cc1ccc(C2(c3c(F)cc(F)c(F)c3F)c3ccccc3-c3ccc(N(c4ccccc4)c4ccc(-c5ccc(N(c6ccccc6)c6ccc7c(c6)C(c6ccc(C=C)cc6)(c6c(F)cc(F)c(F)c6F)c6ccccc6-7)cc5)cc4)cc32)cc1. The van der Waals surface area contributed by atoms with E-state index < -0.39 is 68.5 Å². The number of fused-ring (bicyclic) bond motifs is 6. The molecule has 0 N–H and O–H groups in total. The summed E-state index contributed by atoms with van der Waals surface area (Å²) in [5.74, 6) is -12.6. The average Bonchev–Trinajstić information content (AvgIpc) is 1.51. The van der Waals surface area contributed by atoms with E-state index in [0.717, 1.165) is 45.0 Å². The second-order valence-electron chi connectivity index (χ2n) is 21.8. The zero-order chi connectivity index (χ0) is 60.6. The summed E-state index contributed by atoms with van der Waals surface area (Å²) >= 11 is 0. The van der Waals surface area contributed by atoms with E-state index in [1.165, 1.54) is 0 Å². The van der Waals surface area contributed by atoms with Gasteiger partial charge < -0.3 is 9.80 Å². The first-order chi connectivity index (χ1) is 42.9. The predicted octanol–water partition coefficient (Wildman–Crippen LogP) is 21.4.